The second-order valence-corrected chi connectivity index (χ2v) is 4.87. The van der Waals surface area contributed by atoms with E-state index in [2.05, 4.69) is 6.92 Å². The number of hydrogen-bond acceptors (Lipinski definition) is 2. The Labute approximate surface area is 105 Å². The Morgan fingerprint density at radius 3 is 2.94 bits per heavy atom. The predicted molar refractivity (Wildman–Crippen MR) is 68.6 cm³/mol. The topological polar surface area (TPSA) is 45.0 Å². The molecule has 1 N–H and O–H groups in total. The number of fused-ring (bicyclic) bond motifs is 3. The van der Waals surface area contributed by atoms with Crippen molar-refractivity contribution in [1.29, 1.82) is 0 Å². The Morgan fingerprint density at radius 1 is 1.44 bits per heavy atom. The molecule has 0 radical (unpaired) electrons. The summed E-state index contributed by atoms with van der Waals surface area (Å²) in [6, 6.07) is 5.80. The van der Waals surface area contributed by atoms with Crippen LogP contribution in [0.2, 0.25) is 0 Å². The molecule has 1 aliphatic rings. The molecule has 1 amide bonds. The van der Waals surface area contributed by atoms with Crippen LogP contribution in [-0.2, 0) is 6.54 Å². The summed E-state index contributed by atoms with van der Waals surface area (Å²) in [5.41, 5.74) is 4.09. The number of nitrogens with zero attached hydrogens (tertiary/aromatic N) is 2. The summed E-state index contributed by atoms with van der Waals surface area (Å²) in [5, 5.41) is 9.21. The quantitative estimate of drug-likeness (QED) is 0.871. The predicted octanol–water partition coefficient (Wildman–Crippen LogP) is 1.58. The largest absolute Gasteiger partial charge is 0.394 e. The van der Waals surface area contributed by atoms with Gasteiger partial charge in [-0.25, -0.2) is 0 Å². The van der Waals surface area contributed by atoms with E-state index in [1.54, 1.807) is 4.90 Å². The lowest BCUT2D eigenvalue weighted by Crippen LogP contribution is -2.36. The minimum Gasteiger partial charge on any atom is -0.394 e. The van der Waals surface area contributed by atoms with E-state index in [1.165, 1.54) is 0 Å². The van der Waals surface area contributed by atoms with E-state index in [0.29, 0.717) is 6.54 Å². The number of hydrogen-bond donors (Lipinski definition) is 1. The highest BCUT2D eigenvalue weighted by molar-refractivity contribution is 5.99. The number of rotatable bonds is 2. The van der Waals surface area contributed by atoms with E-state index in [1.807, 2.05) is 35.7 Å². The van der Waals surface area contributed by atoms with Crippen molar-refractivity contribution in [1.82, 2.24) is 9.30 Å². The van der Waals surface area contributed by atoms with Gasteiger partial charge in [0.05, 0.1) is 12.6 Å². The van der Waals surface area contributed by atoms with E-state index in [4.69, 9.17) is 0 Å². The van der Waals surface area contributed by atoms with Gasteiger partial charge in [-0.2, -0.15) is 0 Å². The molecule has 4 nitrogen and oxygen atoms in total. The molecular formula is C14H16N2O2. The van der Waals surface area contributed by atoms with Crippen molar-refractivity contribution in [3.63, 3.8) is 0 Å². The summed E-state index contributed by atoms with van der Waals surface area (Å²) < 4.78 is 1.96. The van der Waals surface area contributed by atoms with E-state index in [9.17, 15) is 9.90 Å². The van der Waals surface area contributed by atoms with Crippen LogP contribution in [0.3, 0.4) is 0 Å². The molecule has 94 valence electrons. The number of aliphatic hydroxyl groups is 1. The normalized spacial score (nSPS) is 16.4. The minimum atomic E-state index is -0.135. The maximum absolute atomic E-state index is 12.4. The lowest BCUT2D eigenvalue weighted by atomic mass is 10.1. The molecule has 3 rings (SSSR count). The van der Waals surface area contributed by atoms with Gasteiger partial charge in [0, 0.05) is 23.8 Å². The maximum atomic E-state index is 12.4. The van der Waals surface area contributed by atoms with E-state index in [-0.39, 0.29) is 18.6 Å². The van der Waals surface area contributed by atoms with Crippen LogP contribution in [0.5, 0.6) is 0 Å². The van der Waals surface area contributed by atoms with E-state index >= 15 is 0 Å². The molecule has 2 aromatic heterocycles. The van der Waals surface area contributed by atoms with Gasteiger partial charge in [-0.1, -0.05) is 6.07 Å². The summed E-state index contributed by atoms with van der Waals surface area (Å²) in [5.74, 6) is 0.0147. The van der Waals surface area contributed by atoms with Gasteiger partial charge in [-0.05, 0) is 31.5 Å². The molecule has 0 bridgehead atoms. The number of carbonyl (C=O) groups is 1. The Kier molecular flexibility index (Phi) is 2.41. The van der Waals surface area contributed by atoms with Crippen molar-refractivity contribution in [2.24, 2.45) is 0 Å². The van der Waals surface area contributed by atoms with Crippen molar-refractivity contribution in [2.45, 2.75) is 26.4 Å². The van der Waals surface area contributed by atoms with Gasteiger partial charge >= 0.3 is 0 Å². The molecule has 0 saturated heterocycles. The van der Waals surface area contributed by atoms with Crippen molar-refractivity contribution in [3.05, 3.63) is 41.2 Å². The Hall–Kier alpha value is -1.81. The number of aliphatic hydroxyl groups excluding tert-OH is 1. The van der Waals surface area contributed by atoms with Crippen LogP contribution in [0, 0.1) is 6.92 Å². The van der Waals surface area contributed by atoms with Crippen LogP contribution in [0.15, 0.2) is 24.4 Å². The van der Waals surface area contributed by atoms with E-state index < -0.39 is 0 Å². The monoisotopic (exact) mass is 244 g/mol. The second-order valence-electron chi connectivity index (χ2n) is 4.87. The van der Waals surface area contributed by atoms with Crippen molar-refractivity contribution < 1.29 is 9.90 Å². The molecule has 0 saturated carbocycles. The third kappa shape index (κ3) is 1.32. The maximum Gasteiger partial charge on any atom is 0.271 e. The zero-order valence-corrected chi connectivity index (χ0v) is 10.6. The van der Waals surface area contributed by atoms with Crippen molar-refractivity contribution >= 4 is 11.4 Å². The molecular weight excluding hydrogens is 228 g/mol. The molecule has 2 aromatic rings. The lowest BCUT2D eigenvalue weighted by molar-refractivity contribution is 0.0638. The Morgan fingerprint density at radius 2 is 2.22 bits per heavy atom. The molecule has 4 heteroatoms. The number of aryl methyl sites for hydroxylation is 1. The second kappa shape index (κ2) is 3.85. The highest BCUT2D eigenvalue weighted by Crippen LogP contribution is 2.31. The molecule has 0 aromatic carbocycles. The Balaban J connectivity index is 2.18. The smallest absolute Gasteiger partial charge is 0.271 e. The third-order valence-electron chi connectivity index (χ3n) is 3.81. The van der Waals surface area contributed by atoms with Crippen LogP contribution in [0.1, 0.15) is 28.5 Å². The molecule has 0 fully saturated rings. The average Bonchev–Trinajstić information content (AvgIpc) is 2.87. The molecule has 18 heavy (non-hydrogen) atoms. The first-order valence-corrected chi connectivity index (χ1v) is 6.15. The summed E-state index contributed by atoms with van der Waals surface area (Å²) in [6.07, 6.45) is 1.92. The highest BCUT2D eigenvalue weighted by Gasteiger charge is 2.35. The zero-order valence-electron chi connectivity index (χ0n) is 10.6. The van der Waals surface area contributed by atoms with Crippen LogP contribution in [0.25, 0.3) is 5.52 Å². The van der Waals surface area contributed by atoms with Crippen molar-refractivity contribution in [2.75, 3.05) is 6.61 Å². The molecule has 0 aliphatic carbocycles. The van der Waals surface area contributed by atoms with E-state index in [0.717, 1.165) is 22.3 Å². The summed E-state index contributed by atoms with van der Waals surface area (Å²) in [6.45, 7) is 4.52. The number of amides is 1. The fourth-order valence-corrected chi connectivity index (χ4v) is 2.68. The van der Waals surface area contributed by atoms with Crippen LogP contribution < -0.4 is 0 Å². The van der Waals surface area contributed by atoms with Gasteiger partial charge in [-0.15, -0.1) is 0 Å². The fraction of sp³-hybridized carbons (Fsp3) is 0.357. The first kappa shape index (κ1) is 11.3. The first-order chi connectivity index (χ1) is 8.65. The van der Waals surface area contributed by atoms with Gasteiger partial charge in [0.1, 0.15) is 5.69 Å². The van der Waals surface area contributed by atoms with Gasteiger partial charge in [0.2, 0.25) is 0 Å². The fourth-order valence-electron chi connectivity index (χ4n) is 2.68. The minimum absolute atomic E-state index is 0.00232. The zero-order chi connectivity index (χ0) is 12.9. The van der Waals surface area contributed by atoms with Crippen LogP contribution >= 0.6 is 0 Å². The van der Waals surface area contributed by atoms with Gasteiger partial charge in [0.15, 0.2) is 0 Å². The standard InChI is InChI=1S/C14H16N2O2/c1-9(8-17)16-7-11-10(2)12-5-3-4-6-15(12)13(11)14(16)18/h3-6,9,17H,7-8H2,1-2H3. The summed E-state index contributed by atoms with van der Waals surface area (Å²) >= 11 is 0. The summed E-state index contributed by atoms with van der Waals surface area (Å²) in [4.78, 5) is 14.2. The SMILES string of the molecule is Cc1c2c(n3ccccc13)C(=O)N(C(C)CO)C2. The molecule has 1 unspecified atom stereocenters. The number of aromatic nitrogens is 1. The summed E-state index contributed by atoms with van der Waals surface area (Å²) in [7, 11) is 0. The Bertz CT molecular complexity index is 630. The molecule has 1 atom stereocenters. The van der Waals surface area contributed by atoms with Crippen molar-refractivity contribution in [3.8, 4) is 0 Å². The van der Waals surface area contributed by atoms with Crippen LogP contribution in [-0.4, -0.2) is 33.0 Å². The van der Waals surface area contributed by atoms with Gasteiger partial charge in [-0.3, -0.25) is 4.79 Å². The number of carbonyl (C=O) groups excluding carboxylic acids is 1. The van der Waals surface area contributed by atoms with Gasteiger partial charge < -0.3 is 14.4 Å². The molecule has 1 aliphatic heterocycles. The van der Waals surface area contributed by atoms with Crippen LogP contribution in [0.4, 0.5) is 0 Å². The van der Waals surface area contributed by atoms with Gasteiger partial charge in [0.25, 0.3) is 5.91 Å². The molecule has 0 spiro atoms. The average molecular weight is 244 g/mol. The third-order valence-corrected chi connectivity index (χ3v) is 3.81. The first-order valence-electron chi connectivity index (χ1n) is 6.15. The lowest BCUT2D eigenvalue weighted by Gasteiger charge is -2.22. The number of pyridine rings is 1. The highest BCUT2D eigenvalue weighted by atomic mass is 16.3. The molecule has 3 heterocycles.